The van der Waals surface area contributed by atoms with Crippen LogP contribution in [0.25, 0.3) is 44.6 Å². The van der Waals surface area contributed by atoms with E-state index in [0.29, 0.717) is 0 Å². The minimum absolute atomic E-state index is 0.0113. The number of aromatic nitrogens is 2. The van der Waals surface area contributed by atoms with Gasteiger partial charge in [-0.3, -0.25) is 9.97 Å². The van der Waals surface area contributed by atoms with Crippen molar-refractivity contribution in [3.8, 4) is 44.6 Å². The summed E-state index contributed by atoms with van der Waals surface area (Å²) < 4.78 is 0. The fourth-order valence-corrected chi connectivity index (χ4v) is 7.44. The van der Waals surface area contributed by atoms with Crippen LogP contribution in [-0.2, 0) is 0 Å². The Morgan fingerprint density at radius 1 is 0.386 bits per heavy atom. The Hall–Kier alpha value is -5.60. The molecule has 0 saturated carbocycles. The molecule has 0 N–H and O–H groups in total. The summed E-state index contributed by atoms with van der Waals surface area (Å²) in [6.07, 6.45) is 1.92. The fourth-order valence-electron chi connectivity index (χ4n) is 7.44. The maximum absolute atomic E-state index is 5.47. The van der Waals surface area contributed by atoms with Crippen molar-refractivity contribution >= 4 is 0 Å². The predicted molar refractivity (Wildman–Crippen MR) is 179 cm³/mol. The smallest absolute Gasteiger partial charge is 0.0711 e. The molecule has 2 atom stereocenters. The summed E-state index contributed by atoms with van der Waals surface area (Å²) in [6, 6.07) is 54.5. The Morgan fingerprint density at radius 3 is 1.55 bits per heavy atom. The third-order valence-corrected chi connectivity index (χ3v) is 9.29. The highest BCUT2D eigenvalue weighted by Crippen LogP contribution is 2.57. The van der Waals surface area contributed by atoms with E-state index in [-0.39, 0.29) is 11.8 Å². The largest absolute Gasteiger partial charge is 0.260 e. The van der Waals surface area contributed by atoms with Gasteiger partial charge in [0.15, 0.2) is 0 Å². The monoisotopic (exact) mass is 560 g/mol. The number of pyridine rings is 2. The second kappa shape index (κ2) is 10.00. The van der Waals surface area contributed by atoms with Crippen LogP contribution in [0.3, 0.4) is 0 Å². The quantitative estimate of drug-likeness (QED) is 0.214. The highest BCUT2D eigenvalue weighted by atomic mass is 14.7. The van der Waals surface area contributed by atoms with E-state index in [1.165, 1.54) is 55.6 Å². The number of hydrogen-bond donors (Lipinski definition) is 0. The SMILES string of the molecule is c1ccc(-c2cc(-c3ccccc3)nc(C3c4ccccc4-c4ccc5c(c43)C(c3ccccn3)c3ccccc3-5)c2)cc1. The Balaban J connectivity index is 1.35. The van der Waals surface area contributed by atoms with Gasteiger partial charge in [0.1, 0.15) is 0 Å². The first-order valence-corrected chi connectivity index (χ1v) is 15.2. The molecule has 2 heterocycles. The van der Waals surface area contributed by atoms with Crippen LogP contribution in [0.1, 0.15) is 45.5 Å². The molecule has 2 aliphatic rings. The van der Waals surface area contributed by atoms with Crippen molar-refractivity contribution in [2.75, 3.05) is 0 Å². The lowest BCUT2D eigenvalue weighted by Gasteiger charge is -2.22. The topological polar surface area (TPSA) is 25.8 Å². The Bertz CT molecular complexity index is 2110. The van der Waals surface area contributed by atoms with Gasteiger partial charge in [0, 0.05) is 11.8 Å². The molecule has 2 aliphatic carbocycles. The van der Waals surface area contributed by atoms with Gasteiger partial charge in [-0.15, -0.1) is 0 Å². The number of benzene rings is 5. The highest BCUT2D eigenvalue weighted by molar-refractivity contribution is 5.91. The molecule has 5 aromatic carbocycles. The van der Waals surface area contributed by atoms with E-state index >= 15 is 0 Å². The van der Waals surface area contributed by atoms with Crippen molar-refractivity contribution in [3.63, 3.8) is 0 Å². The van der Waals surface area contributed by atoms with Crippen molar-refractivity contribution in [1.82, 2.24) is 9.97 Å². The molecule has 2 nitrogen and oxygen atoms in total. The van der Waals surface area contributed by atoms with Gasteiger partial charge in [-0.1, -0.05) is 127 Å². The molecule has 0 amide bonds. The van der Waals surface area contributed by atoms with Gasteiger partial charge in [0.2, 0.25) is 0 Å². The van der Waals surface area contributed by atoms with Crippen LogP contribution in [0.4, 0.5) is 0 Å². The minimum atomic E-state index is -0.0113. The zero-order valence-corrected chi connectivity index (χ0v) is 24.1. The normalized spacial score (nSPS) is 15.7. The van der Waals surface area contributed by atoms with E-state index in [4.69, 9.17) is 9.97 Å². The fraction of sp³-hybridized carbons (Fsp3) is 0.0476. The van der Waals surface area contributed by atoms with Gasteiger partial charge in [0.25, 0.3) is 0 Å². The Kier molecular flexibility index (Phi) is 5.67. The standard InChI is InChI=1S/C42H28N2/c1-3-13-27(14-4-1)29-25-37(28-15-5-2-6-16-28)44-38(26-29)40-33-20-10-8-18-31(33)35-23-22-34-30-17-7-9-19-32(30)39(41(34)42(35)40)36-21-11-12-24-43-36/h1-26,39-40H. The van der Waals surface area contributed by atoms with Gasteiger partial charge >= 0.3 is 0 Å². The average Bonchev–Trinajstić information content (AvgIpc) is 3.62. The van der Waals surface area contributed by atoms with E-state index in [9.17, 15) is 0 Å². The van der Waals surface area contributed by atoms with Crippen LogP contribution in [-0.4, -0.2) is 9.97 Å². The van der Waals surface area contributed by atoms with E-state index in [0.717, 1.165) is 22.6 Å². The van der Waals surface area contributed by atoms with Crippen LogP contribution in [0.15, 0.2) is 158 Å². The van der Waals surface area contributed by atoms with Gasteiger partial charge < -0.3 is 0 Å². The van der Waals surface area contributed by atoms with Crippen molar-refractivity contribution in [2.45, 2.75) is 11.8 Å². The Labute approximate surface area is 257 Å². The van der Waals surface area contributed by atoms with Crippen LogP contribution >= 0.6 is 0 Å². The zero-order valence-electron chi connectivity index (χ0n) is 24.1. The molecule has 7 aromatic rings. The molecular formula is C42H28N2. The molecule has 9 rings (SSSR count). The molecule has 0 radical (unpaired) electrons. The van der Waals surface area contributed by atoms with Crippen LogP contribution < -0.4 is 0 Å². The molecular weight excluding hydrogens is 532 g/mol. The molecule has 0 bridgehead atoms. The first-order chi connectivity index (χ1) is 21.8. The summed E-state index contributed by atoms with van der Waals surface area (Å²) in [5.41, 5.74) is 17.2. The number of fused-ring (bicyclic) bond motifs is 7. The zero-order chi connectivity index (χ0) is 29.0. The lowest BCUT2D eigenvalue weighted by atomic mass is 9.82. The third-order valence-electron chi connectivity index (χ3n) is 9.29. The summed E-state index contributed by atoms with van der Waals surface area (Å²) in [7, 11) is 0. The van der Waals surface area contributed by atoms with Crippen LogP contribution in [0.5, 0.6) is 0 Å². The number of hydrogen-bond acceptors (Lipinski definition) is 2. The van der Waals surface area contributed by atoms with Gasteiger partial charge in [0.05, 0.1) is 28.9 Å². The van der Waals surface area contributed by atoms with Gasteiger partial charge in [-0.05, 0) is 79.9 Å². The molecule has 0 fully saturated rings. The van der Waals surface area contributed by atoms with Crippen molar-refractivity contribution in [3.05, 3.63) is 191 Å². The second-order valence-electron chi connectivity index (χ2n) is 11.7. The van der Waals surface area contributed by atoms with E-state index in [1.54, 1.807) is 0 Å². The highest BCUT2D eigenvalue weighted by Gasteiger charge is 2.40. The first-order valence-electron chi connectivity index (χ1n) is 15.2. The summed E-state index contributed by atoms with van der Waals surface area (Å²) in [5, 5.41) is 0. The maximum atomic E-state index is 5.47. The molecule has 0 aliphatic heterocycles. The van der Waals surface area contributed by atoms with E-state index in [1.807, 2.05) is 12.3 Å². The molecule has 0 spiro atoms. The minimum Gasteiger partial charge on any atom is -0.260 e. The summed E-state index contributed by atoms with van der Waals surface area (Å²) in [5.74, 6) is 0.0443. The predicted octanol–water partition coefficient (Wildman–Crippen LogP) is 10.1. The van der Waals surface area contributed by atoms with Crippen molar-refractivity contribution in [1.29, 1.82) is 0 Å². The molecule has 0 saturated heterocycles. The van der Waals surface area contributed by atoms with Crippen LogP contribution in [0, 0.1) is 0 Å². The lowest BCUT2D eigenvalue weighted by molar-refractivity contribution is 0.885. The summed E-state index contributed by atoms with van der Waals surface area (Å²) >= 11 is 0. The third kappa shape index (κ3) is 3.81. The molecule has 2 unspecified atom stereocenters. The summed E-state index contributed by atoms with van der Waals surface area (Å²) in [4.78, 5) is 10.4. The lowest BCUT2D eigenvalue weighted by Crippen LogP contribution is -2.10. The van der Waals surface area contributed by atoms with Gasteiger partial charge in [-0.25, -0.2) is 0 Å². The molecule has 2 aromatic heterocycles. The van der Waals surface area contributed by atoms with E-state index < -0.39 is 0 Å². The molecule has 2 heteroatoms. The van der Waals surface area contributed by atoms with E-state index in [2.05, 4.69) is 146 Å². The molecule has 44 heavy (non-hydrogen) atoms. The van der Waals surface area contributed by atoms with Crippen molar-refractivity contribution in [2.24, 2.45) is 0 Å². The van der Waals surface area contributed by atoms with Gasteiger partial charge in [-0.2, -0.15) is 0 Å². The number of rotatable bonds is 4. The maximum Gasteiger partial charge on any atom is 0.0711 e. The van der Waals surface area contributed by atoms with Crippen molar-refractivity contribution < 1.29 is 0 Å². The first kappa shape index (κ1) is 24.9. The second-order valence-corrected chi connectivity index (χ2v) is 11.7. The molecule has 206 valence electrons. The average molecular weight is 561 g/mol. The van der Waals surface area contributed by atoms with Crippen LogP contribution in [0.2, 0.25) is 0 Å². The summed E-state index contributed by atoms with van der Waals surface area (Å²) in [6.45, 7) is 0. The Morgan fingerprint density at radius 2 is 0.932 bits per heavy atom. The number of nitrogens with zero attached hydrogens (tertiary/aromatic N) is 2.